The highest BCUT2D eigenvalue weighted by Crippen LogP contribution is 2.26. The van der Waals surface area contributed by atoms with Crippen LogP contribution in [-0.4, -0.2) is 37.2 Å². The molecule has 0 saturated carbocycles. The van der Waals surface area contributed by atoms with E-state index >= 15 is 0 Å². The highest BCUT2D eigenvalue weighted by atomic mass is 32.2. The lowest BCUT2D eigenvalue weighted by Gasteiger charge is -2.08. The van der Waals surface area contributed by atoms with E-state index in [0.717, 1.165) is 23.0 Å². The Bertz CT molecular complexity index is 1230. The van der Waals surface area contributed by atoms with E-state index in [0.29, 0.717) is 16.4 Å². The SMILES string of the molecule is CCc1cccc2c(C(=O)CSc3nncn3-c3cccc(NC(C)=O)c3)c[nH]c12. The van der Waals surface area contributed by atoms with E-state index in [2.05, 4.69) is 33.5 Å². The van der Waals surface area contributed by atoms with Crippen molar-refractivity contribution in [2.75, 3.05) is 11.1 Å². The zero-order valence-electron chi connectivity index (χ0n) is 16.7. The second-order valence-corrected chi connectivity index (χ2v) is 7.76. The van der Waals surface area contributed by atoms with Crippen LogP contribution in [0.3, 0.4) is 0 Å². The summed E-state index contributed by atoms with van der Waals surface area (Å²) >= 11 is 1.33. The van der Waals surface area contributed by atoms with Crippen LogP contribution in [0, 0.1) is 0 Å². The van der Waals surface area contributed by atoms with Crippen LogP contribution in [0.25, 0.3) is 16.6 Å². The van der Waals surface area contributed by atoms with E-state index in [1.54, 1.807) is 17.1 Å². The van der Waals surface area contributed by atoms with Gasteiger partial charge in [-0.15, -0.1) is 10.2 Å². The number of para-hydroxylation sites is 1. The molecule has 0 aliphatic heterocycles. The Kier molecular flexibility index (Phi) is 5.67. The first-order valence-electron chi connectivity index (χ1n) is 9.60. The standard InChI is InChI=1S/C22H21N5O2S/c1-3-15-6-4-9-18-19(11-23-21(15)18)20(29)12-30-22-26-24-13-27(22)17-8-5-7-16(10-17)25-14(2)28/h4-11,13,23H,3,12H2,1-2H3,(H,25,28). The summed E-state index contributed by atoms with van der Waals surface area (Å²) in [4.78, 5) is 27.4. The molecule has 0 saturated heterocycles. The Hall–Kier alpha value is -3.39. The third kappa shape index (κ3) is 3.99. The number of hydrogen-bond donors (Lipinski definition) is 2. The van der Waals surface area contributed by atoms with Crippen LogP contribution in [0.2, 0.25) is 0 Å². The molecule has 0 unspecified atom stereocenters. The van der Waals surface area contributed by atoms with Crippen molar-refractivity contribution in [1.82, 2.24) is 19.7 Å². The number of anilines is 1. The van der Waals surface area contributed by atoms with E-state index in [1.165, 1.54) is 24.2 Å². The van der Waals surface area contributed by atoms with Gasteiger partial charge < -0.3 is 10.3 Å². The van der Waals surface area contributed by atoms with Crippen LogP contribution >= 0.6 is 11.8 Å². The molecule has 0 radical (unpaired) electrons. The van der Waals surface area contributed by atoms with Gasteiger partial charge in [-0.25, -0.2) is 0 Å². The number of carbonyl (C=O) groups excluding carboxylic acids is 2. The van der Waals surface area contributed by atoms with Crippen molar-refractivity contribution in [2.45, 2.75) is 25.4 Å². The number of fused-ring (bicyclic) bond motifs is 1. The summed E-state index contributed by atoms with van der Waals surface area (Å²) in [5.41, 5.74) is 4.39. The quantitative estimate of drug-likeness (QED) is 0.345. The molecule has 7 nitrogen and oxygen atoms in total. The van der Waals surface area contributed by atoms with Gasteiger partial charge in [0.1, 0.15) is 6.33 Å². The summed E-state index contributed by atoms with van der Waals surface area (Å²) in [5, 5.41) is 12.5. The molecule has 8 heteroatoms. The number of aromatic amines is 1. The maximum atomic E-state index is 12.9. The van der Waals surface area contributed by atoms with Gasteiger partial charge in [-0.05, 0) is 30.2 Å². The molecule has 0 aliphatic carbocycles. The largest absolute Gasteiger partial charge is 0.360 e. The number of aryl methyl sites for hydroxylation is 1. The Morgan fingerprint density at radius 1 is 1.20 bits per heavy atom. The number of nitrogens with one attached hydrogen (secondary N) is 2. The van der Waals surface area contributed by atoms with Gasteiger partial charge in [0.05, 0.1) is 11.4 Å². The summed E-state index contributed by atoms with van der Waals surface area (Å²) in [6.07, 6.45) is 4.29. The van der Waals surface area contributed by atoms with Gasteiger partial charge in [0.2, 0.25) is 5.91 Å². The predicted molar refractivity (Wildman–Crippen MR) is 118 cm³/mol. The average molecular weight is 420 g/mol. The van der Waals surface area contributed by atoms with Crippen LogP contribution in [0.15, 0.2) is 60.1 Å². The van der Waals surface area contributed by atoms with Crippen molar-refractivity contribution >= 4 is 40.0 Å². The maximum Gasteiger partial charge on any atom is 0.221 e. The Labute approximate surface area is 177 Å². The molecule has 0 spiro atoms. The third-order valence-corrected chi connectivity index (χ3v) is 5.72. The van der Waals surface area contributed by atoms with Gasteiger partial charge >= 0.3 is 0 Å². The fraction of sp³-hybridized carbons (Fsp3) is 0.182. The topological polar surface area (TPSA) is 92.7 Å². The highest BCUT2D eigenvalue weighted by Gasteiger charge is 2.16. The second kappa shape index (κ2) is 8.54. The number of nitrogens with zero attached hydrogens (tertiary/aromatic N) is 3. The highest BCUT2D eigenvalue weighted by molar-refractivity contribution is 7.99. The fourth-order valence-corrected chi connectivity index (χ4v) is 4.20. The third-order valence-electron chi connectivity index (χ3n) is 4.78. The zero-order valence-corrected chi connectivity index (χ0v) is 17.5. The van der Waals surface area contributed by atoms with E-state index in [-0.39, 0.29) is 17.4 Å². The molecule has 0 atom stereocenters. The number of H-pyrrole nitrogens is 1. The number of thioether (sulfide) groups is 1. The Morgan fingerprint density at radius 3 is 2.83 bits per heavy atom. The molecule has 4 aromatic rings. The minimum absolute atomic E-state index is 0.0288. The van der Waals surface area contributed by atoms with Crippen LogP contribution in [-0.2, 0) is 11.2 Å². The Morgan fingerprint density at radius 2 is 2.03 bits per heavy atom. The molecule has 30 heavy (non-hydrogen) atoms. The molecule has 1 amide bonds. The van der Waals surface area contributed by atoms with Crippen molar-refractivity contribution in [2.24, 2.45) is 0 Å². The van der Waals surface area contributed by atoms with Gasteiger partial charge in [0.25, 0.3) is 0 Å². The van der Waals surface area contributed by atoms with Crippen molar-refractivity contribution < 1.29 is 9.59 Å². The molecule has 0 bridgehead atoms. The number of hydrogen-bond acceptors (Lipinski definition) is 5. The van der Waals surface area contributed by atoms with Gasteiger partial charge in [-0.3, -0.25) is 14.2 Å². The van der Waals surface area contributed by atoms with Crippen LogP contribution < -0.4 is 5.32 Å². The predicted octanol–water partition coefficient (Wildman–Crippen LogP) is 4.24. The lowest BCUT2D eigenvalue weighted by atomic mass is 10.1. The van der Waals surface area contributed by atoms with E-state index in [9.17, 15) is 9.59 Å². The summed E-state index contributed by atoms with van der Waals surface area (Å²) < 4.78 is 1.80. The molecule has 2 N–H and O–H groups in total. The van der Waals surface area contributed by atoms with Crippen LogP contribution in [0.5, 0.6) is 0 Å². The van der Waals surface area contributed by atoms with Gasteiger partial charge in [-0.1, -0.05) is 43.0 Å². The van der Waals surface area contributed by atoms with Gasteiger partial charge in [0, 0.05) is 35.3 Å². The summed E-state index contributed by atoms with van der Waals surface area (Å²) in [7, 11) is 0. The van der Waals surface area contributed by atoms with E-state index in [1.807, 2.05) is 36.4 Å². The van der Waals surface area contributed by atoms with E-state index < -0.39 is 0 Å². The van der Waals surface area contributed by atoms with Crippen molar-refractivity contribution in [1.29, 1.82) is 0 Å². The number of amides is 1. The minimum atomic E-state index is -0.138. The number of benzene rings is 2. The summed E-state index contributed by atoms with van der Waals surface area (Å²) in [5.74, 6) is 0.134. The average Bonchev–Trinajstić information content (AvgIpc) is 3.38. The van der Waals surface area contributed by atoms with Crippen LogP contribution in [0.1, 0.15) is 29.8 Å². The van der Waals surface area contributed by atoms with E-state index in [4.69, 9.17) is 0 Å². The lowest BCUT2D eigenvalue weighted by molar-refractivity contribution is -0.114. The first kappa shape index (κ1) is 19.9. The van der Waals surface area contributed by atoms with Gasteiger partial charge in [-0.2, -0.15) is 0 Å². The lowest BCUT2D eigenvalue weighted by Crippen LogP contribution is -2.06. The first-order chi connectivity index (χ1) is 14.6. The monoisotopic (exact) mass is 419 g/mol. The molecular formula is C22H21N5O2S. The molecule has 2 aromatic carbocycles. The first-order valence-corrected chi connectivity index (χ1v) is 10.6. The number of carbonyl (C=O) groups is 2. The normalized spacial score (nSPS) is 11.0. The number of rotatable bonds is 7. The molecule has 2 heterocycles. The van der Waals surface area contributed by atoms with Crippen molar-refractivity contribution in [3.05, 3.63) is 66.1 Å². The van der Waals surface area contributed by atoms with Crippen molar-refractivity contribution in [3.8, 4) is 5.69 Å². The summed E-state index contributed by atoms with van der Waals surface area (Å²) in [6, 6.07) is 13.4. The molecule has 4 rings (SSSR count). The minimum Gasteiger partial charge on any atom is -0.360 e. The molecule has 152 valence electrons. The van der Waals surface area contributed by atoms with Crippen LogP contribution in [0.4, 0.5) is 5.69 Å². The molecule has 2 aromatic heterocycles. The second-order valence-electron chi connectivity index (χ2n) is 6.82. The smallest absolute Gasteiger partial charge is 0.221 e. The van der Waals surface area contributed by atoms with Gasteiger partial charge in [0.15, 0.2) is 10.9 Å². The number of Topliss-reactive ketones (excluding diaryl/α,β-unsaturated/α-hetero) is 1. The number of aromatic nitrogens is 4. The molecule has 0 aliphatic rings. The Balaban J connectivity index is 1.53. The van der Waals surface area contributed by atoms with Crippen molar-refractivity contribution in [3.63, 3.8) is 0 Å². The number of ketones is 1. The maximum absolute atomic E-state index is 12.9. The molecular weight excluding hydrogens is 398 g/mol. The molecule has 0 fully saturated rings. The summed E-state index contributed by atoms with van der Waals surface area (Å²) in [6.45, 7) is 3.56. The zero-order chi connectivity index (χ0) is 21.1. The fourth-order valence-electron chi connectivity index (χ4n) is 3.39.